The SMILES string of the molecule is O=C(COC(=O)c1cc(S(=O)(=O)N2CCCC2)ccc1O)Nc1c(Cl)cc(Cl)cc1Cl. The fraction of sp³-hybridized carbons (Fsp3) is 0.263. The highest BCUT2D eigenvalue weighted by Crippen LogP contribution is 2.33. The van der Waals surface area contributed by atoms with Crippen LogP contribution in [0.5, 0.6) is 5.75 Å². The van der Waals surface area contributed by atoms with Gasteiger partial charge in [0.05, 0.1) is 20.6 Å². The predicted molar refractivity (Wildman–Crippen MR) is 116 cm³/mol. The molecule has 3 rings (SSSR count). The molecule has 2 N–H and O–H groups in total. The van der Waals surface area contributed by atoms with E-state index in [1.165, 1.54) is 22.5 Å². The van der Waals surface area contributed by atoms with Crippen LogP contribution >= 0.6 is 34.8 Å². The van der Waals surface area contributed by atoms with Crippen molar-refractivity contribution in [1.82, 2.24) is 4.31 Å². The van der Waals surface area contributed by atoms with E-state index in [0.717, 1.165) is 25.0 Å². The number of phenols is 1. The second-order valence-corrected chi connectivity index (χ2v) is 9.85. The summed E-state index contributed by atoms with van der Waals surface area (Å²) < 4.78 is 31.6. The monoisotopic (exact) mass is 506 g/mol. The third-order valence-corrected chi connectivity index (χ3v) is 7.21. The summed E-state index contributed by atoms with van der Waals surface area (Å²) in [7, 11) is -3.80. The van der Waals surface area contributed by atoms with E-state index in [0.29, 0.717) is 13.1 Å². The van der Waals surface area contributed by atoms with Crippen LogP contribution in [-0.4, -0.2) is 49.4 Å². The average molecular weight is 508 g/mol. The molecule has 12 heteroatoms. The van der Waals surface area contributed by atoms with Crippen LogP contribution in [0.15, 0.2) is 35.2 Å². The number of sulfonamides is 1. The van der Waals surface area contributed by atoms with Crippen LogP contribution in [0.2, 0.25) is 15.1 Å². The average Bonchev–Trinajstić information content (AvgIpc) is 3.25. The minimum absolute atomic E-state index is 0.0923. The minimum Gasteiger partial charge on any atom is -0.507 e. The lowest BCUT2D eigenvalue weighted by Crippen LogP contribution is -2.28. The number of hydrogen-bond donors (Lipinski definition) is 2. The molecule has 0 saturated carbocycles. The number of halogens is 3. The van der Waals surface area contributed by atoms with Crippen molar-refractivity contribution < 1.29 is 27.9 Å². The van der Waals surface area contributed by atoms with Crippen molar-refractivity contribution in [2.75, 3.05) is 25.0 Å². The molecule has 8 nitrogen and oxygen atoms in total. The Labute approximate surface area is 193 Å². The number of carbonyl (C=O) groups is 2. The second-order valence-electron chi connectivity index (χ2n) is 6.66. The minimum atomic E-state index is -3.80. The first kappa shape index (κ1) is 23.6. The van der Waals surface area contributed by atoms with Crippen molar-refractivity contribution in [2.45, 2.75) is 17.7 Å². The van der Waals surface area contributed by atoms with Crippen LogP contribution in [-0.2, 0) is 19.6 Å². The van der Waals surface area contributed by atoms with Gasteiger partial charge >= 0.3 is 5.97 Å². The van der Waals surface area contributed by atoms with Crippen molar-refractivity contribution in [3.05, 3.63) is 51.0 Å². The van der Waals surface area contributed by atoms with E-state index in [1.54, 1.807) is 0 Å². The number of ether oxygens (including phenoxy) is 1. The van der Waals surface area contributed by atoms with Gasteiger partial charge in [-0.1, -0.05) is 34.8 Å². The molecule has 0 radical (unpaired) electrons. The Hall–Kier alpha value is -2.04. The molecule has 0 aliphatic carbocycles. The number of carbonyl (C=O) groups excluding carboxylic acids is 2. The molecule has 2 aromatic carbocycles. The largest absolute Gasteiger partial charge is 0.507 e. The molecule has 1 aliphatic heterocycles. The molecule has 2 aromatic rings. The maximum Gasteiger partial charge on any atom is 0.342 e. The highest BCUT2D eigenvalue weighted by Gasteiger charge is 2.29. The molecule has 1 heterocycles. The first-order chi connectivity index (χ1) is 14.6. The summed E-state index contributed by atoms with van der Waals surface area (Å²) in [5, 5.41) is 12.8. The van der Waals surface area contributed by atoms with Crippen LogP contribution < -0.4 is 5.32 Å². The van der Waals surface area contributed by atoms with Gasteiger partial charge in [-0.05, 0) is 43.2 Å². The molecular formula is C19H17Cl3N2O6S. The zero-order valence-electron chi connectivity index (χ0n) is 15.9. The van der Waals surface area contributed by atoms with Gasteiger partial charge in [-0.2, -0.15) is 4.31 Å². The van der Waals surface area contributed by atoms with E-state index in [2.05, 4.69) is 5.32 Å². The molecular weight excluding hydrogens is 491 g/mol. The maximum atomic E-state index is 12.7. The number of nitrogens with one attached hydrogen (secondary N) is 1. The van der Waals surface area contributed by atoms with Crippen LogP contribution in [0.1, 0.15) is 23.2 Å². The molecule has 1 aliphatic rings. The molecule has 31 heavy (non-hydrogen) atoms. The number of nitrogens with zero attached hydrogens (tertiary/aromatic N) is 1. The van der Waals surface area contributed by atoms with Crippen molar-refractivity contribution in [3.63, 3.8) is 0 Å². The molecule has 0 bridgehead atoms. The van der Waals surface area contributed by atoms with E-state index in [9.17, 15) is 23.1 Å². The number of anilines is 1. The van der Waals surface area contributed by atoms with Crippen LogP contribution in [0.3, 0.4) is 0 Å². The van der Waals surface area contributed by atoms with Gasteiger partial charge in [0.1, 0.15) is 11.3 Å². The third kappa shape index (κ3) is 5.42. The molecule has 1 amide bonds. The van der Waals surface area contributed by atoms with Crippen molar-refractivity contribution in [1.29, 1.82) is 0 Å². The van der Waals surface area contributed by atoms with Gasteiger partial charge < -0.3 is 15.2 Å². The molecule has 0 aromatic heterocycles. The Morgan fingerprint density at radius 3 is 2.29 bits per heavy atom. The quantitative estimate of drug-likeness (QED) is 0.573. The number of benzene rings is 2. The molecule has 0 spiro atoms. The Morgan fingerprint density at radius 2 is 1.68 bits per heavy atom. The first-order valence-electron chi connectivity index (χ1n) is 9.04. The van der Waals surface area contributed by atoms with Crippen LogP contribution in [0, 0.1) is 0 Å². The maximum absolute atomic E-state index is 12.7. The smallest absolute Gasteiger partial charge is 0.342 e. The topological polar surface area (TPSA) is 113 Å². The summed E-state index contributed by atoms with van der Waals surface area (Å²) in [6.07, 6.45) is 1.51. The molecule has 0 atom stereocenters. The van der Waals surface area contributed by atoms with E-state index in [1.807, 2.05) is 0 Å². The summed E-state index contributed by atoms with van der Waals surface area (Å²) in [5.41, 5.74) is -0.286. The number of phenolic OH excluding ortho intramolecular Hbond substituents is 1. The summed E-state index contributed by atoms with van der Waals surface area (Å²) >= 11 is 17.8. The van der Waals surface area contributed by atoms with Gasteiger partial charge in [0.25, 0.3) is 5.91 Å². The summed E-state index contributed by atoms with van der Waals surface area (Å²) in [4.78, 5) is 24.3. The second kappa shape index (κ2) is 9.62. The first-order valence-corrected chi connectivity index (χ1v) is 11.6. The number of rotatable bonds is 6. The summed E-state index contributed by atoms with van der Waals surface area (Å²) in [5.74, 6) is -2.30. The zero-order chi connectivity index (χ0) is 22.8. The van der Waals surface area contributed by atoms with Gasteiger partial charge in [0.15, 0.2) is 6.61 Å². The Morgan fingerprint density at radius 1 is 1.06 bits per heavy atom. The Bertz CT molecular complexity index is 1110. The van der Waals surface area contributed by atoms with Gasteiger partial charge in [-0.25, -0.2) is 13.2 Å². The number of aromatic hydroxyl groups is 1. The Balaban J connectivity index is 1.70. The molecule has 1 fully saturated rings. The molecule has 1 saturated heterocycles. The number of hydrogen-bond acceptors (Lipinski definition) is 6. The summed E-state index contributed by atoms with van der Waals surface area (Å²) in [6.45, 7) is 0.0502. The number of esters is 1. The lowest BCUT2D eigenvalue weighted by atomic mass is 10.2. The highest BCUT2D eigenvalue weighted by molar-refractivity contribution is 7.89. The third-order valence-electron chi connectivity index (χ3n) is 4.50. The molecule has 166 valence electrons. The highest BCUT2D eigenvalue weighted by atomic mass is 35.5. The van der Waals surface area contributed by atoms with Crippen LogP contribution in [0.25, 0.3) is 0 Å². The number of amides is 1. The van der Waals surface area contributed by atoms with Crippen LogP contribution in [0.4, 0.5) is 5.69 Å². The van der Waals surface area contributed by atoms with E-state index in [4.69, 9.17) is 39.5 Å². The van der Waals surface area contributed by atoms with Crippen molar-refractivity contribution in [2.24, 2.45) is 0 Å². The standard InChI is InChI=1S/C19H17Cl3N2O6S/c20-11-7-14(21)18(15(22)8-11)23-17(26)10-30-19(27)13-9-12(3-4-16(13)25)31(28,29)24-5-1-2-6-24/h3-4,7-9,25H,1-2,5-6,10H2,(H,23,26). The van der Waals surface area contributed by atoms with Crippen molar-refractivity contribution in [3.8, 4) is 5.75 Å². The van der Waals surface area contributed by atoms with Gasteiger partial charge in [-0.15, -0.1) is 0 Å². The van der Waals surface area contributed by atoms with E-state index < -0.39 is 34.3 Å². The fourth-order valence-corrected chi connectivity index (χ4v) is 5.42. The van der Waals surface area contributed by atoms with E-state index in [-0.39, 0.29) is 31.2 Å². The lowest BCUT2D eigenvalue weighted by molar-refractivity contribution is -0.119. The van der Waals surface area contributed by atoms with Gasteiger partial charge in [-0.3, -0.25) is 4.79 Å². The van der Waals surface area contributed by atoms with E-state index >= 15 is 0 Å². The van der Waals surface area contributed by atoms with Gasteiger partial charge in [0, 0.05) is 18.1 Å². The Kier molecular flexibility index (Phi) is 7.33. The molecule has 0 unspecified atom stereocenters. The summed E-state index contributed by atoms with van der Waals surface area (Å²) in [6, 6.07) is 6.07. The predicted octanol–water partition coefficient (Wildman–Crippen LogP) is 3.93. The van der Waals surface area contributed by atoms with Crippen molar-refractivity contribution >= 4 is 62.4 Å². The fourth-order valence-electron chi connectivity index (χ4n) is 2.96. The normalized spacial score (nSPS) is 14.4. The lowest BCUT2D eigenvalue weighted by Gasteiger charge is -2.16. The zero-order valence-corrected chi connectivity index (χ0v) is 19.0. The van der Waals surface area contributed by atoms with Gasteiger partial charge in [0.2, 0.25) is 10.0 Å².